The van der Waals surface area contributed by atoms with Crippen LogP contribution < -0.4 is 0 Å². The highest BCUT2D eigenvalue weighted by Crippen LogP contribution is 2.37. The highest BCUT2D eigenvalue weighted by atomic mass is 127. The van der Waals surface area contributed by atoms with E-state index in [9.17, 15) is 0 Å². The molecule has 1 aromatic carbocycles. The van der Waals surface area contributed by atoms with Crippen molar-refractivity contribution in [1.82, 2.24) is 15.0 Å². The van der Waals surface area contributed by atoms with Gasteiger partial charge >= 0.3 is 0 Å². The second-order valence-corrected chi connectivity index (χ2v) is 5.96. The Morgan fingerprint density at radius 3 is 3.06 bits per heavy atom. The molecule has 0 radical (unpaired) electrons. The van der Waals surface area contributed by atoms with Gasteiger partial charge in [-0.25, -0.2) is 4.68 Å². The van der Waals surface area contributed by atoms with E-state index in [1.807, 2.05) is 6.07 Å². The van der Waals surface area contributed by atoms with Crippen molar-refractivity contribution in [3.05, 3.63) is 21.8 Å². The van der Waals surface area contributed by atoms with Crippen molar-refractivity contribution in [3.63, 3.8) is 0 Å². The van der Waals surface area contributed by atoms with Crippen molar-refractivity contribution in [1.29, 1.82) is 0 Å². The first-order chi connectivity index (χ1) is 7.74. The molecule has 1 aliphatic rings. The van der Waals surface area contributed by atoms with E-state index in [0.717, 1.165) is 23.9 Å². The Bertz CT molecular complexity index is 516. The topological polar surface area (TPSA) is 30.7 Å². The number of rotatable bonds is 3. The zero-order valence-electron chi connectivity index (χ0n) is 9.23. The molecule has 84 valence electrons. The molecule has 1 aliphatic carbocycles. The molecule has 0 saturated heterocycles. The molecule has 3 rings (SSSR count). The number of nitrogens with zero attached hydrogens (tertiary/aromatic N) is 3. The van der Waals surface area contributed by atoms with E-state index in [0.29, 0.717) is 0 Å². The highest BCUT2D eigenvalue weighted by molar-refractivity contribution is 14.1. The van der Waals surface area contributed by atoms with E-state index < -0.39 is 0 Å². The first-order valence-electron chi connectivity index (χ1n) is 5.73. The van der Waals surface area contributed by atoms with Crippen molar-refractivity contribution in [3.8, 4) is 0 Å². The first kappa shape index (κ1) is 10.5. The summed E-state index contributed by atoms with van der Waals surface area (Å²) < 4.78 is 3.30. The summed E-state index contributed by atoms with van der Waals surface area (Å²) in [5.74, 6) is 1.64. The zero-order valence-corrected chi connectivity index (χ0v) is 11.4. The molecule has 1 heterocycles. The van der Waals surface area contributed by atoms with E-state index in [4.69, 9.17) is 0 Å². The van der Waals surface area contributed by atoms with Crippen LogP contribution in [0.2, 0.25) is 0 Å². The van der Waals surface area contributed by atoms with Gasteiger partial charge in [-0.15, -0.1) is 5.10 Å². The predicted octanol–water partition coefficient (Wildman–Crippen LogP) is 3.08. The Morgan fingerprint density at radius 2 is 2.31 bits per heavy atom. The monoisotopic (exact) mass is 327 g/mol. The molecular weight excluding hydrogens is 313 g/mol. The van der Waals surface area contributed by atoms with Gasteiger partial charge in [0.05, 0.1) is 5.52 Å². The van der Waals surface area contributed by atoms with Crippen LogP contribution in [-0.4, -0.2) is 15.0 Å². The predicted molar refractivity (Wildman–Crippen MR) is 72.1 cm³/mol. The van der Waals surface area contributed by atoms with Gasteiger partial charge in [-0.2, -0.15) is 0 Å². The fraction of sp³-hybridized carbons (Fsp3) is 0.500. The van der Waals surface area contributed by atoms with Gasteiger partial charge in [0.2, 0.25) is 0 Å². The molecule has 0 amide bonds. The van der Waals surface area contributed by atoms with Crippen molar-refractivity contribution in [2.75, 3.05) is 0 Å². The van der Waals surface area contributed by atoms with E-state index >= 15 is 0 Å². The lowest BCUT2D eigenvalue weighted by atomic mass is 10.1. The fourth-order valence-electron chi connectivity index (χ4n) is 2.16. The van der Waals surface area contributed by atoms with Gasteiger partial charge in [-0.1, -0.05) is 12.1 Å². The minimum Gasteiger partial charge on any atom is -0.244 e. The molecule has 1 saturated carbocycles. The number of halogens is 1. The number of aromatic nitrogens is 3. The summed E-state index contributed by atoms with van der Waals surface area (Å²) in [4.78, 5) is 0. The van der Waals surface area contributed by atoms with Crippen LogP contribution in [0.4, 0.5) is 0 Å². The molecule has 0 bridgehead atoms. The van der Waals surface area contributed by atoms with E-state index in [1.165, 1.54) is 21.9 Å². The number of benzene rings is 1. The van der Waals surface area contributed by atoms with Gasteiger partial charge in [-0.05, 0) is 65.5 Å². The Morgan fingerprint density at radius 1 is 1.50 bits per heavy atom. The number of hydrogen-bond acceptors (Lipinski definition) is 2. The fourth-order valence-corrected chi connectivity index (χ4v) is 2.63. The number of hydrogen-bond donors (Lipinski definition) is 0. The molecule has 16 heavy (non-hydrogen) atoms. The minimum atomic E-state index is 0.725. The average molecular weight is 327 g/mol. The van der Waals surface area contributed by atoms with Gasteiger partial charge in [0, 0.05) is 10.1 Å². The molecule has 4 heteroatoms. The van der Waals surface area contributed by atoms with Crippen molar-refractivity contribution in [2.45, 2.75) is 26.3 Å². The molecule has 1 fully saturated rings. The van der Waals surface area contributed by atoms with Crippen LogP contribution in [0.5, 0.6) is 0 Å². The van der Waals surface area contributed by atoms with E-state index in [1.54, 1.807) is 0 Å². The summed E-state index contributed by atoms with van der Waals surface area (Å²) in [6.45, 7) is 3.32. The average Bonchev–Trinajstić information content (AvgIpc) is 3.04. The Hall–Kier alpha value is -0.650. The van der Waals surface area contributed by atoms with Crippen LogP contribution in [-0.2, 0) is 6.54 Å². The van der Waals surface area contributed by atoms with Crippen LogP contribution in [0.1, 0.15) is 19.8 Å². The van der Waals surface area contributed by atoms with Crippen LogP contribution in [0.3, 0.4) is 0 Å². The zero-order chi connectivity index (χ0) is 11.1. The van der Waals surface area contributed by atoms with Crippen molar-refractivity contribution < 1.29 is 0 Å². The van der Waals surface area contributed by atoms with Crippen LogP contribution in [0.25, 0.3) is 11.0 Å². The van der Waals surface area contributed by atoms with Gasteiger partial charge in [0.1, 0.15) is 5.52 Å². The van der Waals surface area contributed by atoms with Gasteiger partial charge in [0.25, 0.3) is 0 Å². The van der Waals surface area contributed by atoms with Crippen molar-refractivity contribution >= 4 is 33.6 Å². The van der Waals surface area contributed by atoms with Crippen LogP contribution in [0.15, 0.2) is 18.2 Å². The SMILES string of the molecule is CC(Cn1nnc2ccc(I)cc21)C1CC1. The molecule has 1 unspecified atom stereocenters. The Balaban J connectivity index is 1.93. The molecule has 1 aromatic heterocycles. The highest BCUT2D eigenvalue weighted by Gasteiger charge is 2.28. The maximum absolute atomic E-state index is 4.25. The summed E-state index contributed by atoms with van der Waals surface area (Å²) in [7, 11) is 0. The summed E-state index contributed by atoms with van der Waals surface area (Å²) in [6, 6.07) is 6.28. The summed E-state index contributed by atoms with van der Waals surface area (Å²) in [5.41, 5.74) is 2.17. The lowest BCUT2D eigenvalue weighted by Gasteiger charge is -2.09. The second-order valence-electron chi connectivity index (χ2n) is 4.72. The maximum Gasteiger partial charge on any atom is 0.113 e. The molecule has 0 N–H and O–H groups in total. The third kappa shape index (κ3) is 1.95. The largest absolute Gasteiger partial charge is 0.244 e. The Labute approximate surface area is 108 Å². The summed E-state index contributed by atoms with van der Waals surface area (Å²) in [5, 5.41) is 8.45. The molecular formula is C12H14IN3. The van der Waals surface area contributed by atoms with E-state index in [2.05, 4.69) is 56.6 Å². The first-order valence-corrected chi connectivity index (χ1v) is 6.80. The molecule has 2 aromatic rings. The quantitative estimate of drug-likeness (QED) is 0.811. The third-order valence-electron chi connectivity index (χ3n) is 3.36. The second kappa shape index (κ2) is 3.98. The lowest BCUT2D eigenvalue weighted by Crippen LogP contribution is -2.10. The van der Waals surface area contributed by atoms with Crippen LogP contribution in [0, 0.1) is 15.4 Å². The van der Waals surface area contributed by atoms with Crippen molar-refractivity contribution in [2.24, 2.45) is 11.8 Å². The van der Waals surface area contributed by atoms with Crippen LogP contribution >= 0.6 is 22.6 Å². The summed E-state index contributed by atoms with van der Waals surface area (Å²) >= 11 is 2.33. The third-order valence-corrected chi connectivity index (χ3v) is 4.03. The normalized spacial score (nSPS) is 17.9. The summed E-state index contributed by atoms with van der Waals surface area (Å²) in [6.07, 6.45) is 2.79. The molecule has 0 spiro atoms. The number of fused-ring (bicyclic) bond motifs is 1. The molecule has 0 aliphatic heterocycles. The lowest BCUT2D eigenvalue weighted by molar-refractivity contribution is 0.407. The maximum atomic E-state index is 4.25. The molecule has 3 nitrogen and oxygen atoms in total. The van der Waals surface area contributed by atoms with Gasteiger partial charge < -0.3 is 0 Å². The smallest absolute Gasteiger partial charge is 0.113 e. The Kier molecular flexibility index (Phi) is 2.61. The van der Waals surface area contributed by atoms with E-state index in [-0.39, 0.29) is 0 Å². The molecule has 1 atom stereocenters. The van der Waals surface area contributed by atoms with Gasteiger partial charge in [0.15, 0.2) is 0 Å². The van der Waals surface area contributed by atoms with Gasteiger partial charge in [-0.3, -0.25) is 0 Å². The minimum absolute atomic E-state index is 0.725. The standard InChI is InChI=1S/C12H14IN3/c1-8(9-2-3-9)7-16-12-6-10(13)4-5-11(12)14-15-16/h4-6,8-9H,2-3,7H2,1H3.